The fourth-order valence-electron chi connectivity index (χ4n) is 2.23. The van der Waals surface area contributed by atoms with E-state index in [4.69, 9.17) is 0 Å². The SMILES string of the molecule is C=C(C[Si](C)(C)C)[C@@H]1CCN[C@H]1C. The maximum atomic E-state index is 4.27. The van der Waals surface area contributed by atoms with Crippen LogP contribution < -0.4 is 5.32 Å². The van der Waals surface area contributed by atoms with Gasteiger partial charge in [-0.1, -0.05) is 31.8 Å². The van der Waals surface area contributed by atoms with E-state index >= 15 is 0 Å². The van der Waals surface area contributed by atoms with E-state index in [-0.39, 0.29) is 0 Å². The Morgan fingerprint density at radius 2 is 2.08 bits per heavy atom. The van der Waals surface area contributed by atoms with E-state index in [2.05, 4.69) is 38.5 Å². The highest BCUT2D eigenvalue weighted by Crippen LogP contribution is 2.28. The van der Waals surface area contributed by atoms with Gasteiger partial charge < -0.3 is 5.32 Å². The highest BCUT2D eigenvalue weighted by atomic mass is 28.3. The molecule has 1 aliphatic rings. The van der Waals surface area contributed by atoms with Crippen LogP contribution in [0.3, 0.4) is 0 Å². The van der Waals surface area contributed by atoms with Crippen LogP contribution >= 0.6 is 0 Å². The molecule has 0 aromatic carbocycles. The molecular formula is C11H23NSi. The monoisotopic (exact) mass is 197 g/mol. The van der Waals surface area contributed by atoms with Crippen LogP contribution in [0.2, 0.25) is 25.7 Å². The van der Waals surface area contributed by atoms with Crippen molar-refractivity contribution in [1.29, 1.82) is 0 Å². The highest BCUT2D eigenvalue weighted by molar-refractivity contribution is 6.76. The molecule has 1 rings (SSSR count). The first kappa shape index (κ1) is 11.0. The summed E-state index contributed by atoms with van der Waals surface area (Å²) in [4.78, 5) is 0. The molecule has 0 aliphatic carbocycles. The van der Waals surface area contributed by atoms with E-state index in [0.717, 1.165) is 5.92 Å². The van der Waals surface area contributed by atoms with E-state index in [1.165, 1.54) is 24.6 Å². The van der Waals surface area contributed by atoms with Gasteiger partial charge in [-0.15, -0.1) is 0 Å². The van der Waals surface area contributed by atoms with Gasteiger partial charge in [-0.05, 0) is 31.9 Å². The summed E-state index contributed by atoms with van der Waals surface area (Å²) in [5.41, 5.74) is 1.50. The fourth-order valence-corrected chi connectivity index (χ4v) is 3.85. The van der Waals surface area contributed by atoms with Crippen LogP contribution in [0.1, 0.15) is 13.3 Å². The minimum absolute atomic E-state index is 0.656. The van der Waals surface area contributed by atoms with Crippen molar-refractivity contribution < 1.29 is 0 Å². The molecule has 0 bridgehead atoms. The second-order valence-corrected chi connectivity index (χ2v) is 11.0. The van der Waals surface area contributed by atoms with E-state index in [0.29, 0.717) is 6.04 Å². The Morgan fingerprint density at radius 1 is 1.46 bits per heavy atom. The van der Waals surface area contributed by atoms with Gasteiger partial charge in [0.2, 0.25) is 0 Å². The normalized spacial score (nSPS) is 29.2. The first-order valence-corrected chi connectivity index (χ1v) is 9.02. The van der Waals surface area contributed by atoms with Gasteiger partial charge in [-0.25, -0.2) is 0 Å². The van der Waals surface area contributed by atoms with Gasteiger partial charge in [0.05, 0.1) is 0 Å². The molecular weight excluding hydrogens is 174 g/mol. The van der Waals surface area contributed by atoms with Crippen molar-refractivity contribution in [2.75, 3.05) is 6.54 Å². The third kappa shape index (κ3) is 3.28. The van der Waals surface area contributed by atoms with Crippen molar-refractivity contribution in [1.82, 2.24) is 5.32 Å². The topological polar surface area (TPSA) is 12.0 Å². The third-order valence-corrected chi connectivity index (χ3v) is 4.32. The predicted molar refractivity (Wildman–Crippen MR) is 62.9 cm³/mol. The summed E-state index contributed by atoms with van der Waals surface area (Å²) < 4.78 is 0. The van der Waals surface area contributed by atoms with Crippen LogP contribution in [-0.4, -0.2) is 20.7 Å². The second kappa shape index (κ2) is 3.97. The lowest BCUT2D eigenvalue weighted by Crippen LogP contribution is -2.27. The van der Waals surface area contributed by atoms with Crippen molar-refractivity contribution in [3.05, 3.63) is 12.2 Å². The summed E-state index contributed by atoms with van der Waals surface area (Å²) in [6.45, 7) is 15.0. The molecule has 76 valence electrons. The van der Waals surface area contributed by atoms with Crippen LogP contribution in [0.15, 0.2) is 12.2 Å². The summed E-state index contributed by atoms with van der Waals surface area (Å²) >= 11 is 0. The third-order valence-electron chi connectivity index (χ3n) is 2.81. The van der Waals surface area contributed by atoms with Crippen LogP contribution in [0.5, 0.6) is 0 Å². The summed E-state index contributed by atoms with van der Waals surface area (Å²) in [5.74, 6) is 0.742. The second-order valence-electron chi connectivity index (χ2n) is 5.53. The zero-order chi connectivity index (χ0) is 10.1. The van der Waals surface area contributed by atoms with Gasteiger partial charge in [0.1, 0.15) is 0 Å². The van der Waals surface area contributed by atoms with Gasteiger partial charge in [0, 0.05) is 14.1 Å². The molecule has 2 heteroatoms. The average molecular weight is 197 g/mol. The molecule has 0 amide bonds. The molecule has 1 aliphatic heterocycles. The molecule has 0 aromatic rings. The summed E-state index contributed by atoms with van der Waals surface area (Å²) in [7, 11) is -0.945. The van der Waals surface area contributed by atoms with E-state index in [1.54, 1.807) is 0 Å². The first-order chi connectivity index (χ1) is 5.90. The van der Waals surface area contributed by atoms with Crippen LogP contribution in [0.4, 0.5) is 0 Å². The van der Waals surface area contributed by atoms with E-state index in [1.807, 2.05) is 0 Å². The Labute approximate surface area is 83.6 Å². The Bertz CT molecular complexity index is 193. The van der Waals surface area contributed by atoms with Crippen LogP contribution in [0, 0.1) is 5.92 Å². The van der Waals surface area contributed by atoms with Gasteiger partial charge in [0.15, 0.2) is 0 Å². The molecule has 1 saturated heterocycles. The van der Waals surface area contributed by atoms with Crippen molar-refractivity contribution >= 4 is 8.07 Å². The molecule has 0 saturated carbocycles. The molecule has 13 heavy (non-hydrogen) atoms. The lowest BCUT2D eigenvalue weighted by molar-refractivity contribution is 0.542. The van der Waals surface area contributed by atoms with Gasteiger partial charge in [-0.3, -0.25) is 0 Å². The summed E-state index contributed by atoms with van der Waals surface area (Å²) in [6.07, 6.45) is 1.30. The molecule has 0 unspecified atom stereocenters. The minimum atomic E-state index is -0.945. The predicted octanol–water partition coefficient (Wildman–Crippen LogP) is 2.88. The fraction of sp³-hybridized carbons (Fsp3) is 0.818. The standard InChI is InChI=1S/C11H23NSi/c1-9(8-13(3,4)5)11-6-7-12-10(11)2/h10-12H,1,6-8H2,2-5H3/t10-,11-/m0/s1. The number of hydrogen-bond donors (Lipinski definition) is 1. The zero-order valence-electron chi connectivity index (χ0n) is 9.48. The first-order valence-electron chi connectivity index (χ1n) is 5.31. The quantitative estimate of drug-likeness (QED) is 0.542. The molecule has 0 radical (unpaired) electrons. The van der Waals surface area contributed by atoms with Crippen LogP contribution in [-0.2, 0) is 0 Å². The average Bonchev–Trinajstić information content (AvgIpc) is 2.30. The molecule has 0 aromatic heterocycles. The van der Waals surface area contributed by atoms with Crippen molar-refractivity contribution in [2.24, 2.45) is 5.92 Å². The molecule has 1 fully saturated rings. The number of hydrogen-bond acceptors (Lipinski definition) is 1. The van der Waals surface area contributed by atoms with Crippen molar-refractivity contribution in [2.45, 2.75) is 45.1 Å². The molecule has 1 N–H and O–H groups in total. The molecule has 0 spiro atoms. The zero-order valence-corrected chi connectivity index (χ0v) is 10.5. The Kier molecular flexibility index (Phi) is 3.36. The number of nitrogens with one attached hydrogen (secondary N) is 1. The molecule has 2 atom stereocenters. The van der Waals surface area contributed by atoms with E-state index in [9.17, 15) is 0 Å². The maximum Gasteiger partial charge on any atom is 0.0483 e. The Balaban J connectivity index is 2.48. The molecule has 1 heterocycles. The Hall–Kier alpha value is -0.0831. The summed E-state index contributed by atoms with van der Waals surface area (Å²) in [5, 5.41) is 3.49. The minimum Gasteiger partial charge on any atom is -0.314 e. The summed E-state index contributed by atoms with van der Waals surface area (Å²) in [6, 6.07) is 1.95. The lowest BCUT2D eigenvalue weighted by atomic mass is 9.95. The van der Waals surface area contributed by atoms with Crippen LogP contribution in [0.25, 0.3) is 0 Å². The molecule has 1 nitrogen and oxygen atoms in total. The lowest BCUT2D eigenvalue weighted by Gasteiger charge is -2.24. The van der Waals surface area contributed by atoms with E-state index < -0.39 is 8.07 Å². The van der Waals surface area contributed by atoms with Gasteiger partial charge >= 0.3 is 0 Å². The largest absolute Gasteiger partial charge is 0.314 e. The number of rotatable bonds is 3. The highest BCUT2D eigenvalue weighted by Gasteiger charge is 2.27. The van der Waals surface area contributed by atoms with Gasteiger partial charge in [0.25, 0.3) is 0 Å². The maximum absolute atomic E-state index is 4.27. The van der Waals surface area contributed by atoms with Crippen molar-refractivity contribution in [3.63, 3.8) is 0 Å². The van der Waals surface area contributed by atoms with Gasteiger partial charge in [-0.2, -0.15) is 0 Å². The Morgan fingerprint density at radius 3 is 2.46 bits per heavy atom. The van der Waals surface area contributed by atoms with Crippen molar-refractivity contribution in [3.8, 4) is 0 Å². The smallest absolute Gasteiger partial charge is 0.0483 e.